The molecule has 2 aromatic rings. The van der Waals surface area contributed by atoms with Crippen molar-refractivity contribution in [3.8, 4) is 5.88 Å². The maximum atomic E-state index is 12.2. The quantitative estimate of drug-likeness (QED) is 0.440. The molecule has 1 aromatic heterocycles. The average Bonchev–Trinajstić information content (AvgIpc) is 2.67. The van der Waals surface area contributed by atoms with Gasteiger partial charge in [0.25, 0.3) is 5.69 Å². The number of hydrogen-bond acceptors (Lipinski definition) is 8. The molecule has 0 N–H and O–H groups in total. The Balaban J connectivity index is 1.64. The topological polar surface area (TPSA) is 108 Å². The largest absolute Gasteiger partial charge is 0.469 e. The van der Waals surface area contributed by atoms with Gasteiger partial charge in [-0.2, -0.15) is 4.98 Å². The number of nitrogens with zero attached hydrogens (tertiary/aromatic N) is 4. The van der Waals surface area contributed by atoms with E-state index in [1.807, 2.05) is 4.90 Å². The standard InChI is InChI=1S/C16H16N4O5/c21-14(12-2-1-3-13(10-12)20(22)23)11-25-15-4-5-17-16(18-15)19-6-8-24-9-7-19/h1-5,10H,6-9,11H2. The molecule has 0 spiro atoms. The zero-order chi connectivity index (χ0) is 17.6. The number of ketones is 1. The van der Waals surface area contributed by atoms with E-state index in [0.29, 0.717) is 32.3 Å². The highest BCUT2D eigenvalue weighted by Gasteiger charge is 2.15. The van der Waals surface area contributed by atoms with Crippen molar-refractivity contribution in [2.75, 3.05) is 37.8 Å². The van der Waals surface area contributed by atoms with Crippen LogP contribution in [0.1, 0.15) is 10.4 Å². The number of rotatable bonds is 6. The van der Waals surface area contributed by atoms with Crippen LogP contribution in [0.2, 0.25) is 0 Å². The second-order valence-electron chi connectivity index (χ2n) is 5.31. The van der Waals surface area contributed by atoms with E-state index in [2.05, 4.69) is 9.97 Å². The minimum atomic E-state index is -0.545. The van der Waals surface area contributed by atoms with E-state index in [1.165, 1.54) is 24.3 Å². The van der Waals surface area contributed by atoms with E-state index < -0.39 is 4.92 Å². The molecule has 9 heteroatoms. The Morgan fingerprint density at radius 2 is 2.12 bits per heavy atom. The van der Waals surface area contributed by atoms with Crippen LogP contribution in [0, 0.1) is 10.1 Å². The number of non-ortho nitro benzene ring substituents is 1. The van der Waals surface area contributed by atoms with Crippen molar-refractivity contribution in [1.29, 1.82) is 0 Å². The van der Waals surface area contributed by atoms with Gasteiger partial charge in [-0.25, -0.2) is 4.98 Å². The van der Waals surface area contributed by atoms with E-state index in [9.17, 15) is 14.9 Å². The van der Waals surface area contributed by atoms with E-state index in [-0.39, 0.29) is 29.5 Å². The fraction of sp³-hybridized carbons (Fsp3) is 0.312. The highest BCUT2D eigenvalue weighted by Crippen LogP contribution is 2.16. The van der Waals surface area contributed by atoms with E-state index in [0.717, 1.165) is 0 Å². The number of hydrogen-bond donors (Lipinski definition) is 0. The molecule has 0 radical (unpaired) electrons. The molecule has 3 rings (SSSR count). The van der Waals surface area contributed by atoms with Crippen LogP contribution in [-0.4, -0.2) is 53.6 Å². The van der Waals surface area contributed by atoms with Gasteiger partial charge in [-0.1, -0.05) is 12.1 Å². The first-order chi connectivity index (χ1) is 12.1. The minimum absolute atomic E-state index is 0.137. The van der Waals surface area contributed by atoms with Gasteiger partial charge < -0.3 is 14.4 Å². The average molecular weight is 344 g/mol. The number of anilines is 1. The van der Waals surface area contributed by atoms with Crippen LogP contribution in [0.4, 0.5) is 11.6 Å². The van der Waals surface area contributed by atoms with Gasteiger partial charge in [0.05, 0.1) is 18.1 Å². The molecule has 0 unspecified atom stereocenters. The molecule has 9 nitrogen and oxygen atoms in total. The first-order valence-corrected chi connectivity index (χ1v) is 7.70. The SMILES string of the molecule is O=C(COc1ccnc(N2CCOCC2)n1)c1cccc([N+](=O)[O-])c1. The molecule has 0 saturated carbocycles. The lowest BCUT2D eigenvalue weighted by Crippen LogP contribution is -2.37. The van der Waals surface area contributed by atoms with Crippen LogP contribution in [0.15, 0.2) is 36.5 Å². The van der Waals surface area contributed by atoms with Gasteiger partial charge in [-0.3, -0.25) is 14.9 Å². The molecule has 0 amide bonds. The fourth-order valence-corrected chi connectivity index (χ4v) is 2.34. The first kappa shape index (κ1) is 16.8. The van der Waals surface area contributed by atoms with Gasteiger partial charge in [0.1, 0.15) is 0 Å². The van der Waals surface area contributed by atoms with Crippen LogP contribution < -0.4 is 9.64 Å². The lowest BCUT2D eigenvalue weighted by atomic mass is 10.1. The first-order valence-electron chi connectivity index (χ1n) is 7.70. The zero-order valence-electron chi connectivity index (χ0n) is 13.3. The number of carbonyl (C=O) groups is 1. The Kier molecular flexibility index (Phi) is 5.14. The number of benzene rings is 1. The summed E-state index contributed by atoms with van der Waals surface area (Å²) in [5, 5.41) is 10.8. The molecule has 0 aliphatic carbocycles. The van der Waals surface area contributed by atoms with E-state index in [1.54, 1.807) is 12.3 Å². The van der Waals surface area contributed by atoms with Gasteiger partial charge in [-0.15, -0.1) is 0 Å². The predicted octanol–water partition coefficient (Wildman–Crippen LogP) is 1.48. The Bertz CT molecular complexity index is 777. The molecule has 1 aliphatic heterocycles. The monoisotopic (exact) mass is 344 g/mol. The number of Topliss-reactive ketones (excluding diaryl/α,β-unsaturated/α-hetero) is 1. The maximum absolute atomic E-state index is 12.2. The summed E-state index contributed by atoms with van der Waals surface area (Å²) >= 11 is 0. The van der Waals surface area contributed by atoms with Crippen molar-refractivity contribution in [3.63, 3.8) is 0 Å². The van der Waals surface area contributed by atoms with Crippen molar-refractivity contribution < 1.29 is 19.2 Å². The lowest BCUT2D eigenvalue weighted by Gasteiger charge is -2.26. The highest BCUT2D eigenvalue weighted by atomic mass is 16.6. The summed E-state index contributed by atoms with van der Waals surface area (Å²) in [4.78, 5) is 32.8. The second kappa shape index (κ2) is 7.67. The van der Waals surface area contributed by atoms with Crippen LogP contribution >= 0.6 is 0 Å². The third kappa shape index (κ3) is 4.27. The number of nitro benzene ring substituents is 1. The second-order valence-corrected chi connectivity index (χ2v) is 5.31. The maximum Gasteiger partial charge on any atom is 0.270 e. The molecule has 0 atom stereocenters. The molecule has 2 heterocycles. The number of carbonyl (C=O) groups excluding carboxylic acids is 1. The summed E-state index contributed by atoms with van der Waals surface area (Å²) in [7, 11) is 0. The summed E-state index contributed by atoms with van der Waals surface area (Å²) in [6.45, 7) is 2.34. The third-order valence-corrected chi connectivity index (χ3v) is 3.64. The van der Waals surface area contributed by atoms with Crippen molar-refractivity contribution in [3.05, 3.63) is 52.2 Å². The Morgan fingerprint density at radius 1 is 1.32 bits per heavy atom. The highest BCUT2D eigenvalue weighted by molar-refractivity contribution is 5.97. The van der Waals surface area contributed by atoms with E-state index in [4.69, 9.17) is 9.47 Å². The lowest BCUT2D eigenvalue weighted by molar-refractivity contribution is -0.384. The summed E-state index contributed by atoms with van der Waals surface area (Å²) in [6.07, 6.45) is 1.56. The Hall–Kier alpha value is -3.07. The van der Waals surface area contributed by atoms with Gasteiger partial charge >= 0.3 is 0 Å². The smallest absolute Gasteiger partial charge is 0.270 e. The zero-order valence-corrected chi connectivity index (χ0v) is 13.3. The molecule has 0 bridgehead atoms. The summed E-state index contributed by atoms with van der Waals surface area (Å²) in [5.74, 6) is 0.425. The number of ether oxygens (including phenoxy) is 2. The van der Waals surface area contributed by atoms with Crippen molar-refractivity contribution >= 4 is 17.4 Å². The number of aromatic nitrogens is 2. The van der Waals surface area contributed by atoms with E-state index >= 15 is 0 Å². The number of morpholine rings is 1. The Labute approximate surface area is 143 Å². The van der Waals surface area contributed by atoms with Crippen LogP contribution in [0.5, 0.6) is 5.88 Å². The van der Waals surface area contributed by atoms with Crippen molar-refractivity contribution in [2.45, 2.75) is 0 Å². The molecule has 1 aliphatic rings. The molecule has 25 heavy (non-hydrogen) atoms. The van der Waals surface area contributed by atoms with Crippen LogP contribution in [-0.2, 0) is 4.74 Å². The molecular formula is C16H16N4O5. The summed E-state index contributed by atoms with van der Waals surface area (Å²) in [5.41, 5.74) is 0.0825. The number of nitro groups is 1. The Morgan fingerprint density at radius 3 is 2.88 bits per heavy atom. The van der Waals surface area contributed by atoms with Crippen LogP contribution in [0.25, 0.3) is 0 Å². The molecule has 1 aromatic carbocycles. The van der Waals surface area contributed by atoms with Gasteiger partial charge in [-0.05, 0) is 0 Å². The third-order valence-electron chi connectivity index (χ3n) is 3.64. The molecule has 1 fully saturated rings. The predicted molar refractivity (Wildman–Crippen MR) is 88.0 cm³/mol. The molecular weight excluding hydrogens is 328 g/mol. The minimum Gasteiger partial charge on any atom is -0.469 e. The van der Waals surface area contributed by atoms with Gasteiger partial charge in [0.2, 0.25) is 17.6 Å². The fourth-order valence-electron chi connectivity index (χ4n) is 2.34. The summed E-state index contributed by atoms with van der Waals surface area (Å²) < 4.78 is 10.7. The summed E-state index contributed by atoms with van der Waals surface area (Å²) in [6, 6.07) is 7.09. The van der Waals surface area contributed by atoms with Gasteiger partial charge in [0, 0.05) is 43.0 Å². The van der Waals surface area contributed by atoms with Crippen molar-refractivity contribution in [1.82, 2.24) is 9.97 Å². The normalized spacial score (nSPS) is 14.2. The van der Waals surface area contributed by atoms with Gasteiger partial charge in [0.15, 0.2) is 6.61 Å². The molecule has 130 valence electrons. The van der Waals surface area contributed by atoms with Crippen LogP contribution in [0.3, 0.4) is 0 Å². The molecule has 1 saturated heterocycles. The van der Waals surface area contributed by atoms with Crippen molar-refractivity contribution in [2.24, 2.45) is 0 Å².